The molecular weight excluding hydrogens is 269 g/mol. The first-order valence-corrected chi connectivity index (χ1v) is 5.04. The van der Waals surface area contributed by atoms with E-state index in [1.807, 2.05) is 6.92 Å². The lowest BCUT2D eigenvalue weighted by Crippen LogP contribution is -2.20. The molecule has 1 rings (SSSR count). The normalized spacial score (nSPS) is 9.93. The van der Waals surface area contributed by atoms with Crippen LogP contribution in [0.5, 0.6) is 5.75 Å². The van der Waals surface area contributed by atoms with Crippen molar-refractivity contribution in [2.75, 3.05) is 6.61 Å². The number of halogens is 2. The molecule has 76 valence electrons. The van der Waals surface area contributed by atoms with Crippen LogP contribution in [0.4, 0.5) is 0 Å². The minimum atomic E-state index is -0.510. The van der Waals surface area contributed by atoms with Crippen LogP contribution in [-0.2, 0) is 4.79 Å². The van der Waals surface area contributed by atoms with Gasteiger partial charge in [0.1, 0.15) is 5.75 Å². The van der Waals surface area contributed by atoms with E-state index in [-0.39, 0.29) is 6.61 Å². The van der Waals surface area contributed by atoms with Crippen LogP contribution in [0, 0.1) is 6.92 Å². The number of carbonyl (C=O) groups excluding carboxylic acids is 1. The van der Waals surface area contributed by atoms with Crippen LogP contribution in [0.25, 0.3) is 0 Å². The molecule has 0 heterocycles. The Morgan fingerprint density at radius 2 is 2.29 bits per heavy atom. The summed E-state index contributed by atoms with van der Waals surface area (Å²) in [4.78, 5) is 10.5. The second-order valence-corrected chi connectivity index (χ2v) is 4.05. The van der Waals surface area contributed by atoms with Gasteiger partial charge in [-0.25, -0.2) is 0 Å². The highest BCUT2D eigenvalue weighted by atomic mass is 79.9. The third-order valence-corrected chi connectivity index (χ3v) is 2.61. The molecule has 5 heteroatoms. The van der Waals surface area contributed by atoms with Gasteiger partial charge >= 0.3 is 0 Å². The Bertz CT molecular complexity index is 368. The van der Waals surface area contributed by atoms with Gasteiger partial charge in [0.15, 0.2) is 6.61 Å². The topological polar surface area (TPSA) is 52.3 Å². The van der Waals surface area contributed by atoms with Gasteiger partial charge in [-0.1, -0.05) is 11.6 Å². The Balaban J connectivity index is 2.87. The van der Waals surface area contributed by atoms with Crippen molar-refractivity contribution in [2.24, 2.45) is 5.73 Å². The maximum Gasteiger partial charge on any atom is 0.255 e. The highest BCUT2D eigenvalue weighted by Crippen LogP contribution is 2.30. The Morgan fingerprint density at radius 1 is 1.64 bits per heavy atom. The molecule has 0 aliphatic carbocycles. The van der Waals surface area contributed by atoms with Crippen LogP contribution in [0.2, 0.25) is 5.02 Å². The lowest BCUT2D eigenvalue weighted by molar-refractivity contribution is -0.119. The summed E-state index contributed by atoms with van der Waals surface area (Å²) >= 11 is 9.14. The predicted octanol–water partition coefficient (Wildman–Crippen LogP) is 2.28. The number of amides is 1. The molecule has 0 saturated carbocycles. The number of aryl methyl sites for hydroxylation is 1. The van der Waals surface area contributed by atoms with Gasteiger partial charge in [-0.2, -0.15) is 0 Å². The largest absolute Gasteiger partial charge is 0.483 e. The average Bonchev–Trinajstić information content (AvgIpc) is 2.09. The molecule has 1 aromatic carbocycles. The van der Waals surface area contributed by atoms with Crippen LogP contribution in [-0.4, -0.2) is 12.5 Å². The summed E-state index contributed by atoms with van der Waals surface area (Å²) in [6.07, 6.45) is 0. The number of benzene rings is 1. The van der Waals surface area contributed by atoms with Gasteiger partial charge in [0.05, 0.1) is 4.47 Å². The fourth-order valence-electron chi connectivity index (χ4n) is 0.890. The summed E-state index contributed by atoms with van der Waals surface area (Å²) in [7, 11) is 0. The Hall–Kier alpha value is -0.740. The van der Waals surface area contributed by atoms with Gasteiger partial charge in [0.25, 0.3) is 5.91 Å². The zero-order chi connectivity index (χ0) is 10.7. The van der Waals surface area contributed by atoms with Crippen molar-refractivity contribution in [1.29, 1.82) is 0 Å². The third kappa shape index (κ3) is 2.89. The van der Waals surface area contributed by atoms with Crippen molar-refractivity contribution in [3.8, 4) is 5.75 Å². The molecule has 3 nitrogen and oxygen atoms in total. The zero-order valence-electron chi connectivity index (χ0n) is 7.51. The lowest BCUT2D eigenvalue weighted by atomic mass is 10.2. The van der Waals surface area contributed by atoms with Crippen LogP contribution >= 0.6 is 27.5 Å². The molecule has 0 fully saturated rings. The molecule has 0 aliphatic rings. The van der Waals surface area contributed by atoms with Crippen molar-refractivity contribution < 1.29 is 9.53 Å². The van der Waals surface area contributed by atoms with Crippen LogP contribution in [0.15, 0.2) is 16.6 Å². The van der Waals surface area contributed by atoms with E-state index in [1.165, 1.54) is 0 Å². The number of primary amides is 1. The van der Waals surface area contributed by atoms with Gasteiger partial charge in [-0.3, -0.25) is 4.79 Å². The van der Waals surface area contributed by atoms with Gasteiger partial charge in [-0.05, 0) is 40.5 Å². The van der Waals surface area contributed by atoms with E-state index in [2.05, 4.69) is 15.9 Å². The summed E-state index contributed by atoms with van der Waals surface area (Å²) in [5, 5.41) is 0.642. The minimum absolute atomic E-state index is 0.139. The van der Waals surface area contributed by atoms with Crippen molar-refractivity contribution in [3.05, 3.63) is 27.2 Å². The Labute approximate surface area is 95.3 Å². The Kier molecular flexibility index (Phi) is 3.77. The van der Waals surface area contributed by atoms with E-state index in [1.54, 1.807) is 12.1 Å². The highest BCUT2D eigenvalue weighted by Gasteiger charge is 2.06. The van der Waals surface area contributed by atoms with Crippen LogP contribution in [0.3, 0.4) is 0 Å². The number of carbonyl (C=O) groups is 1. The maximum atomic E-state index is 10.5. The molecule has 0 saturated heterocycles. The van der Waals surface area contributed by atoms with Crippen molar-refractivity contribution >= 4 is 33.4 Å². The molecule has 0 spiro atoms. The van der Waals surface area contributed by atoms with E-state index in [4.69, 9.17) is 22.1 Å². The monoisotopic (exact) mass is 277 g/mol. The van der Waals surface area contributed by atoms with Gasteiger partial charge in [0, 0.05) is 5.02 Å². The predicted molar refractivity (Wildman–Crippen MR) is 58.6 cm³/mol. The van der Waals surface area contributed by atoms with Crippen molar-refractivity contribution in [3.63, 3.8) is 0 Å². The highest BCUT2D eigenvalue weighted by molar-refractivity contribution is 9.10. The summed E-state index contributed by atoms with van der Waals surface area (Å²) in [5.74, 6) is 0.0511. The summed E-state index contributed by atoms with van der Waals surface area (Å²) < 4.78 is 5.86. The maximum absolute atomic E-state index is 10.5. The van der Waals surface area contributed by atoms with Gasteiger partial charge in [-0.15, -0.1) is 0 Å². The molecule has 2 N–H and O–H groups in total. The van der Waals surface area contributed by atoms with E-state index in [0.29, 0.717) is 15.2 Å². The molecule has 14 heavy (non-hydrogen) atoms. The van der Waals surface area contributed by atoms with Crippen LogP contribution < -0.4 is 10.5 Å². The summed E-state index contributed by atoms with van der Waals surface area (Å²) in [6.45, 7) is 1.71. The average molecular weight is 279 g/mol. The SMILES string of the molecule is Cc1cc(OCC(N)=O)c(Br)cc1Cl. The molecule has 0 atom stereocenters. The zero-order valence-corrected chi connectivity index (χ0v) is 9.85. The number of ether oxygens (including phenoxy) is 1. The fourth-order valence-corrected chi connectivity index (χ4v) is 1.64. The standard InChI is InChI=1S/C9H9BrClNO2/c1-5-2-8(14-4-9(12)13)6(10)3-7(5)11/h2-3H,4H2,1H3,(H2,12,13). The summed E-state index contributed by atoms with van der Waals surface area (Å²) in [5.41, 5.74) is 5.84. The minimum Gasteiger partial charge on any atom is -0.483 e. The summed E-state index contributed by atoms with van der Waals surface area (Å²) in [6, 6.07) is 3.46. The molecule has 0 radical (unpaired) electrons. The molecule has 1 amide bonds. The second kappa shape index (κ2) is 4.66. The van der Waals surface area contributed by atoms with Crippen molar-refractivity contribution in [2.45, 2.75) is 6.92 Å². The molecule has 0 aromatic heterocycles. The second-order valence-electron chi connectivity index (χ2n) is 2.79. The first-order chi connectivity index (χ1) is 6.50. The number of nitrogens with two attached hydrogens (primary N) is 1. The van der Waals surface area contributed by atoms with E-state index < -0.39 is 5.91 Å². The molecule has 1 aromatic rings. The van der Waals surface area contributed by atoms with E-state index in [9.17, 15) is 4.79 Å². The van der Waals surface area contributed by atoms with Gasteiger partial charge in [0.2, 0.25) is 0 Å². The lowest BCUT2D eigenvalue weighted by Gasteiger charge is -2.08. The quantitative estimate of drug-likeness (QED) is 0.922. The molecular formula is C9H9BrClNO2. The number of rotatable bonds is 3. The number of hydrogen-bond acceptors (Lipinski definition) is 2. The first-order valence-electron chi connectivity index (χ1n) is 3.87. The fraction of sp³-hybridized carbons (Fsp3) is 0.222. The number of hydrogen-bond donors (Lipinski definition) is 1. The van der Waals surface area contributed by atoms with E-state index >= 15 is 0 Å². The smallest absolute Gasteiger partial charge is 0.255 e. The molecule has 0 unspecified atom stereocenters. The van der Waals surface area contributed by atoms with E-state index in [0.717, 1.165) is 5.56 Å². The molecule has 0 bridgehead atoms. The molecule has 0 aliphatic heterocycles. The van der Waals surface area contributed by atoms with Crippen molar-refractivity contribution in [1.82, 2.24) is 0 Å². The first kappa shape index (κ1) is 11.3. The van der Waals surface area contributed by atoms with Crippen LogP contribution in [0.1, 0.15) is 5.56 Å². The Morgan fingerprint density at radius 3 is 2.86 bits per heavy atom. The van der Waals surface area contributed by atoms with Gasteiger partial charge < -0.3 is 10.5 Å². The third-order valence-electron chi connectivity index (χ3n) is 1.58.